The summed E-state index contributed by atoms with van der Waals surface area (Å²) in [5.41, 5.74) is 10.7. The molecule has 3 aromatic rings. The minimum atomic E-state index is -0.495. The van der Waals surface area contributed by atoms with Crippen molar-refractivity contribution in [3.63, 3.8) is 0 Å². The molecule has 0 radical (unpaired) electrons. The van der Waals surface area contributed by atoms with E-state index < -0.39 is 6.17 Å². The van der Waals surface area contributed by atoms with Crippen LogP contribution in [0.25, 0.3) is 0 Å². The zero-order chi connectivity index (χ0) is 23.9. The van der Waals surface area contributed by atoms with Crippen LogP contribution in [0.5, 0.6) is 5.75 Å². The van der Waals surface area contributed by atoms with E-state index in [1.807, 2.05) is 42.5 Å². The third-order valence-corrected chi connectivity index (χ3v) is 6.92. The van der Waals surface area contributed by atoms with Gasteiger partial charge in [-0.1, -0.05) is 79.6 Å². The van der Waals surface area contributed by atoms with Gasteiger partial charge in [-0.15, -0.1) is 0 Å². The fraction of sp³-hybridized carbons (Fsp3) is 0.345. The van der Waals surface area contributed by atoms with E-state index in [1.54, 1.807) is 12.1 Å². The summed E-state index contributed by atoms with van der Waals surface area (Å²) in [5.74, 6) is 0.446. The van der Waals surface area contributed by atoms with Crippen molar-refractivity contribution in [1.29, 1.82) is 0 Å². The number of phenolic OH excluding ortho intramolecular Hbond substituents is 1. The predicted octanol–water partition coefficient (Wildman–Crippen LogP) is 5.29. The van der Waals surface area contributed by atoms with Crippen molar-refractivity contribution in [1.82, 2.24) is 10.6 Å². The number of carbonyl (C=O) groups excluding carboxylic acids is 1. The van der Waals surface area contributed by atoms with E-state index in [9.17, 15) is 9.90 Å². The number of benzene rings is 3. The molecule has 0 bridgehead atoms. The standard InChI is InChI=1S/C29H35N3O2/c1-20(23-12-8-14-25(33)18-23)31-19-21-9-7-13-24(17-21)26-15-5-6-16-27(26)29(34)32-28(30)22-10-3-2-4-11-22/h2-4,7-14,17-18,20,26-28,31,33H,5-6,15-16,19,30H2,1H3,(H,32,34). The first-order valence-electron chi connectivity index (χ1n) is 12.2. The van der Waals surface area contributed by atoms with Crippen molar-refractivity contribution in [2.75, 3.05) is 0 Å². The van der Waals surface area contributed by atoms with Gasteiger partial charge < -0.3 is 21.5 Å². The number of aromatic hydroxyl groups is 1. The summed E-state index contributed by atoms with van der Waals surface area (Å²) in [7, 11) is 0. The molecule has 3 aromatic carbocycles. The molecule has 0 saturated heterocycles. The molecule has 0 heterocycles. The zero-order valence-corrected chi connectivity index (χ0v) is 19.8. The Morgan fingerprint density at radius 1 is 0.971 bits per heavy atom. The number of nitrogens with one attached hydrogen (secondary N) is 2. The summed E-state index contributed by atoms with van der Waals surface area (Å²) < 4.78 is 0. The van der Waals surface area contributed by atoms with E-state index in [0.29, 0.717) is 6.54 Å². The second kappa shape index (κ2) is 11.3. The molecule has 5 N–H and O–H groups in total. The minimum Gasteiger partial charge on any atom is -0.508 e. The maximum Gasteiger partial charge on any atom is 0.225 e. The Bertz CT molecular complexity index is 1090. The quantitative estimate of drug-likeness (QED) is 0.346. The molecule has 0 aliphatic heterocycles. The third-order valence-electron chi connectivity index (χ3n) is 6.92. The van der Waals surface area contributed by atoms with Gasteiger partial charge in [-0.2, -0.15) is 0 Å². The molecule has 1 amide bonds. The van der Waals surface area contributed by atoms with E-state index in [1.165, 1.54) is 11.1 Å². The highest BCUT2D eigenvalue weighted by Crippen LogP contribution is 2.38. The number of nitrogens with two attached hydrogens (primary N) is 1. The first-order chi connectivity index (χ1) is 16.5. The van der Waals surface area contributed by atoms with Crippen molar-refractivity contribution in [3.8, 4) is 5.75 Å². The summed E-state index contributed by atoms with van der Waals surface area (Å²) in [6.07, 6.45) is 3.60. The lowest BCUT2D eigenvalue weighted by molar-refractivity contribution is -0.127. The highest BCUT2D eigenvalue weighted by Gasteiger charge is 2.32. The van der Waals surface area contributed by atoms with Crippen LogP contribution in [0.3, 0.4) is 0 Å². The zero-order valence-electron chi connectivity index (χ0n) is 19.8. The second-order valence-corrected chi connectivity index (χ2v) is 9.34. The smallest absolute Gasteiger partial charge is 0.225 e. The molecule has 1 aliphatic carbocycles. The molecule has 1 saturated carbocycles. The van der Waals surface area contributed by atoms with Crippen LogP contribution < -0.4 is 16.4 Å². The van der Waals surface area contributed by atoms with Gasteiger partial charge in [0.1, 0.15) is 11.9 Å². The van der Waals surface area contributed by atoms with E-state index in [4.69, 9.17) is 5.73 Å². The molecule has 4 rings (SSSR count). The van der Waals surface area contributed by atoms with Crippen LogP contribution in [0.15, 0.2) is 78.9 Å². The molecule has 1 aliphatic rings. The summed E-state index contributed by atoms with van der Waals surface area (Å²) in [6, 6.07) is 25.8. The second-order valence-electron chi connectivity index (χ2n) is 9.34. The molecule has 5 nitrogen and oxygen atoms in total. The molecule has 4 atom stereocenters. The van der Waals surface area contributed by atoms with Crippen LogP contribution in [0, 0.1) is 5.92 Å². The topological polar surface area (TPSA) is 87.4 Å². The number of hydrogen-bond acceptors (Lipinski definition) is 4. The predicted molar refractivity (Wildman–Crippen MR) is 136 cm³/mol. The minimum absolute atomic E-state index is 0.0436. The molecule has 4 unspecified atom stereocenters. The molecular formula is C29H35N3O2. The molecule has 5 heteroatoms. The SMILES string of the molecule is CC(NCc1cccc(C2CCCCC2C(=O)NC(N)c2ccccc2)c1)c1cccc(O)c1. The monoisotopic (exact) mass is 457 g/mol. The summed E-state index contributed by atoms with van der Waals surface area (Å²) in [5, 5.41) is 16.3. The lowest BCUT2D eigenvalue weighted by Crippen LogP contribution is -2.41. The molecular weight excluding hydrogens is 422 g/mol. The molecule has 178 valence electrons. The fourth-order valence-electron chi connectivity index (χ4n) is 4.96. The Balaban J connectivity index is 1.42. The summed E-state index contributed by atoms with van der Waals surface area (Å²) in [6.45, 7) is 2.81. The van der Waals surface area contributed by atoms with E-state index in [0.717, 1.165) is 36.8 Å². The van der Waals surface area contributed by atoms with Crippen molar-refractivity contribution in [2.45, 2.75) is 57.3 Å². The average molecular weight is 458 g/mol. The van der Waals surface area contributed by atoms with Gasteiger partial charge in [0.15, 0.2) is 0 Å². The summed E-state index contributed by atoms with van der Waals surface area (Å²) in [4.78, 5) is 13.2. The first kappa shape index (κ1) is 24.0. The first-order valence-corrected chi connectivity index (χ1v) is 12.2. The number of rotatable bonds is 8. The van der Waals surface area contributed by atoms with Crippen LogP contribution in [-0.2, 0) is 11.3 Å². The van der Waals surface area contributed by atoms with E-state index in [2.05, 4.69) is 41.8 Å². The number of carbonyl (C=O) groups is 1. The van der Waals surface area contributed by atoms with Gasteiger partial charge >= 0.3 is 0 Å². The van der Waals surface area contributed by atoms with Gasteiger partial charge in [-0.05, 0) is 60.1 Å². The molecule has 1 fully saturated rings. The highest BCUT2D eigenvalue weighted by molar-refractivity contribution is 5.80. The normalized spacial score (nSPS) is 19.8. The van der Waals surface area contributed by atoms with Gasteiger partial charge in [0.05, 0.1) is 0 Å². The fourth-order valence-corrected chi connectivity index (χ4v) is 4.96. The van der Waals surface area contributed by atoms with Gasteiger partial charge in [-0.3, -0.25) is 4.79 Å². The van der Waals surface area contributed by atoms with E-state index >= 15 is 0 Å². The lowest BCUT2D eigenvalue weighted by atomic mass is 9.74. The van der Waals surface area contributed by atoms with Crippen LogP contribution in [0.4, 0.5) is 0 Å². The maximum atomic E-state index is 13.2. The van der Waals surface area contributed by atoms with Crippen LogP contribution in [-0.4, -0.2) is 11.0 Å². The van der Waals surface area contributed by atoms with E-state index in [-0.39, 0.29) is 29.5 Å². The van der Waals surface area contributed by atoms with Crippen molar-refractivity contribution in [2.24, 2.45) is 11.7 Å². The number of hydrogen-bond donors (Lipinski definition) is 4. The van der Waals surface area contributed by atoms with Crippen molar-refractivity contribution >= 4 is 5.91 Å². The van der Waals surface area contributed by atoms with Gasteiger partial charge in [0.2, 0.25) is 5.91 Å². The number of amides is 1. The van der Waals surface area contributed by atoms with Crippen LogP contribution >= 0.6 is 0 Å². The maximum absolute atomic E-state index is 13.2. The van der Waals surface area contributed by atoms with Crippen molar-refractivity contribution < 1.29 is 9.90 Å². The molecule has 0 spiro atoms. The van der Waals surface area contributed by atoms with Gasteiger partial charge in [0, 0.05) is 18.5 Å². The Kier molecular flexibility index (Phi) is 7.99. The number of phenols is 1. The Morgan fingerprint density at radius 3 is 2.50 bits per heavy atom. The highest BCUT2D eigenvalue weighted by atomic mass is 16.3. The Labute approximate surface area is 202 Å². The van der Waals surface area contributed by atoms with Crippen LogP contribution in [0.2, 0.25) is 0 Å². The Morgan fingerprint density at radius 2 is 1.71 bits per heavy atom. The summed E-state index contributed by atoms with van der Waals surface area (Å²) >= 11 is 0. The van der Waals surface area contributed by atoms with Crippen LogP contribution in [0.1, 0.15) is 73.0 Å². The lowest BCUT2D eigenvalue weighted by Gasteiger charge is -2.32. The molecule has 0 aromatic heterocycles. The Hall–Kier alpha value is -3.15. The largest absolute Gasteiger partial charge is 0.508 e. The van der Waals surface area contributed by atoms with Gasteiger partial charge in [-0.25, -0.2) is 0 Å². The average Bonchev–Trinajstić information content (AvgIpc) is 2.88. The molecule has 34 heavy (non-hydrogen) atoms. The third kappa shape index (κ3) is 6.04. The van der Waals surface area contributed by atoms with Gasteiger partial charge in [0.25, 0.3) is 0 Å². The van der Waals surface area contributed by atoms with Crippen molar-refractivity contribution in [3.05, 3.63) is 101 Å².